The van der Waals surface area contributed by atoms with Crippen molar-refractivity contribution >= 4 is 11.9 Å². The fourth-order valence-corrected chi connectivity index (χ4v) is 2.34. The first-order chi connectivity index (χ1) is 8.80. The number of ether oxygens (including phenoxy) is 1. The van der Waals surface area contributed by atoms with E-state index in [0.29, 0.717) is 11.3 Å². The maximum absolute atomic E-state index is 11.3. The van der Waals surface area contributed by atoms with Crippen molar-refractivity contribution in [2.24, 2.45) is 0 Å². The number of amides is 1. The Hall–Kier alpha value is -2.04. The van der Waals surface area contributed by atoms with Crippen LogP contribution >= 0.6 is 0 Å². The van der Waals surface area contributed by atoms with Crippen LogP contribution in [0.15, 0.2) is 18.2 Å². The zero-order valence-electron chi connectivity index (χ0n) is 11.2. The van der Waals surface area contributed by atoms with Crippen LogP contribution in [0.4, 0.5) is 0 Å². The number of nitrogens with one attached hydrogen (secondary N) is 1. The Morgan fingerprint density at radius 3 is 2.68 bits per heavy atom. The zero-order chi connectivity index (χ0) is 14.2. The van der Waals surface area contributed by atoms with E-state index in [2.05, 4.69) is 5.32 Å². The Morgan fingerprint density at radius 1 is 1.42 bits per heavy atom. The molecule has 5 nitrogen and oxygen atoms in total. The molecule has 0 spiro atoms. The van der Waals surface area contributed by atoms with Crippen molar-refractivity contribution < 1.29 is 19.4 Å². The Labute approximate surface area is 111 Å². The maximum Gasteiger partial charge on any atom is 0.331 e. The van der Waals surface area contributed by atoms with E-state index in [1.165, 1.54) is 6.92 Å². The fraction of sp³-hybridized carbons (Fsp3) is 0.429. The third-order valence-corrected chi connectivity index (χ3v) is 3.03. The molecule has 1 aromatic carbocycles. The lowest BCUT2D eigenvalue weighted by molar-refractivity contribution is -0.141. The summed E-state index contributed by atoms with van der Waals surface area (Å²) in [5, 5.41) is 11.7. The largest absolute Gasteiger partial charge is 0.487 e. The van der Waals surface area contributed by atoms with E-state index in [0.717, 1.165) is 12.0 Å². The number of carboxylic acids is 1. The van der Waals surface area contributed by atoms with Gasteiger partial charge in [-0.15, -0.1) is 0 Å². The molecule has 5 heteroatoms. The molecule has 2 N–H and O–H groups in total. The monoisotopic (exact) mass is 263 g/mol. The molecule has 2 rings (SSSR count). The number of carboxylic acid groups (broad SMARTS) is 1. The van der Waals surface area contributed by atoms with E-state index in [-0.39, 0.29) is 11.5 Å². The van der Waals surface area contributed by atoms with Gasteiger partial charge < -0.3 is 15.2 Å². The predicted octanol–water partition coefficient (Wildman–Crippen LogP) is 1.66. The first-order valence-electron chi connectivity index (χ1n) is 6.11. The topological polar surface area (TPSA) is 75.6 Å². The average molecular weight is 263 g/mol. The summed E-state index contributed by atoms with van der Waals surface area (Å²) in [4.78, 5) is 22.5. The summed E-state index contributed by atoms with van der Waals surface area (Å²) < 4.78 is 5.82. The van der Waals surface area contributed by atoms with Crippen molar-refractivity contribution in [3.05, 3.63) is 29.3 Å². The van der Waals surface area contributed by atoms with Crippen molar-refractivity contribution in [2.45, 2.75) is 38.8 Å². The Balaban J connectivity index is 2.43. The van der Waals surface area contributed by atoms with E-state index in [1.807, 2.05) is 19.9 Å². The zero-order valence-corrected chi connectivity index (χ0v) is 11.2. The van der Waals surface area contributed by atoms with Crippen molar-refractivity contribution in [3.8, 4) is 5.75 Å². The van der Waals surface area contributed by atoms with Crippen LogP contribution in [-0.4, -0.2) is 22.6 Å². The van der Waals surface area contributed by atoms with E-state index >= 15 is 0 Å². The lowest BCUT2D eigenvalue weighted by Gasteiger charge is -2.20. The van der Waals surface area contributed by atoms with Crippen LogP contribution in [0.3, 0.4) is 0 Å². The lowest BCUT2D eigenvalue weighted by atomic mass is 9.98. The highest BCUT2D eigenvalue weighted by molar-refractivity contribution is 5.84. The highest BCUT2D eigenvalue weighted by Crippen LogP contribution is 2.39. The molecule has 0 aliphatic carbocycles. The van der Waals surface area contributed by atoms with Gasteiger partial charge in [0.05, 0.1) is 0 Å². The van der Waals surface area contributed by atoms with E-state index in [1.54, 1.807) is 12.1 Å². The molecule has 102 valence electrons. The average Bonchev–Trinajstić information content (AvgIpc) is 2.59. The smallest absolute Gasteiger partial charge is 0.331 e. The summed E-state index contributed by atoms with van der Waals surface area (Å²) in [7, 11) is 0. The molecule has 0 fully saturated rings. The van der Waals surface area contributed by atoms with E-state index in [9.17, 15) is 14.7 Å². The van der Waals surface area contributed by atoms with E-state index in [4.69, 9.17) is 4.74 Å². The first kappa shape index (κ1) is 13.4. The molecule has 1 aromatic rings. The van der Waals surface area contributed by atoms with Crippen LogP contribution in [0.25, 0.3) is 0 Å². The van der Waals surface area contributed by atoms with Gasteiger partial charge in [0, 0.05) is 18.9 Å². The SMILES string of the molecule is CC(=O)NC(C(=O)O)c1cccc2c1OC(C)(C)C2. The predicted molar refractivity (Wildman–Crippen MR) is 69.0 cm³/mol. The maximum atomic E-state index is 11.3. The minimum atomic E-state index is -1.10. The molecule has 19 heavy (non-hydrogen) atoms. The molecule has 0 radical (unpaired) electrons. The summed E-state index contributed by atoms with van der Waals surface area (Å²) in [6, 6.07) is 4.30. The van der Waals surface area contributed by atoms with Gasteiger partial charge in [-0.3, -0.25) is 4.79 Å². The first-order valence-corrected chi connectivity index (χ1v) is 6.11. The minimum Gasteiger partial charge on any atom is -0.487 e. The number of para-hydroxylation sites is 1. The lowest BCUT2D eigenvalue weighted by Crippen LogP contribution is -2.32. The fourth-order valence-electron chi connectivity index (χ4n) is 2.34. The third kappa shape index (κ3) is 2.70. The van der Waals surface area contributed by atoms with Crippen molar-refractivity contribution in [1.29, 1.82) is 0 Å². The molecule has 0 saturated carbocycles. The van der Waals surface area contributed by atoms with Gasteiger partial charge in [-0.2, -0.15) is 0 Å². The highest BCUT2D eigenvalue weighted by Gasteiger charge is 2.35. The molecular weight excluding hydrogens is 246 g/mol. The van der Waals surface area contributed by atoms with Gasteiger partial charge in [0.2, 0.25) is 5.91 Å². The molecule has 0 bridgehead atoms. The minimum absolute atomic E-state index is 0.349. The highest BCUT2D eigenvalue weighted by atomic mass is 16.5. The molecule has 1 aliphatic rings. The van der Waals surface area contributed by atoms with Gasteiger partial charge in [0.15, 0.2) is 6.04 Å². The molecule has 0 saturated heterocycles. The quantitative estimate of drug-likeness (QED) is 0.869. The normalized spacial score (nSPS) is 17.2. The van der Waals surface area contributed by atoms with Crippen LogP contribution in [0, 0.1) is 0 Å². The summed E-state index contributed by atoms with van der Waals surface area (Å²) >= 11 is 0. The van der Waals surface area contributed by atoms with Crippen LogP contribution in [0.2, 0.25) is 0 Å². The van der Waals surface area contributed by atoms with Crippen molar-refractivity contribution in [3.63, 3.8) is 0 Å². The standard InChI is InChI=1S/C14H17NO4/c1-8(16)15-11(13(17)18)10-6-4-5-9-7-14(2,3)19-12(9)10/h4-6,11H,7H2,1-3H3,(H,15,16)(H,17,18). The van der Waals surface area contributed by atoms with Gasteiger partial charge in [-0.05, 0) is 19.4 Å². The Bertz CT molecular complexity index is 536. The van der Waals surface area contributed by atoms with Crippen LogP contribution < -0.4 is 10.1 Å². The number of fused-ring (bicyclic) bond motifs is 1. The summed E-state index contributed by atoms with van der Waals surface area (Å²) in [6.45, 7) is 5.19. The summed E-state index contributed by atoms with van der Waals surface area (Å²) in [5.74, 6) is -0.909. The molecule has 1 amide bonds. The Morgan fingerprint density at radius 2 is 2.11 bits per heavy atom. The van der Waals surface area contributed by atoms with E-state index < -0.39 is 12.0 Å². The van der Waals surface area contributed by atoms with Crippen LogP contribution in [0.1, 0.15) is 37.9 Å². The number of carbonyl (C=O) groups is 2. The van der Waals surface area contributed by atoms with Gasteiger partial charge in [0.25, 0.3) is 0 Å². The van der Waals surface area contributed by atoms with Crippen LogP contribution in [-0.2, 0) is 16.0 Å². The number of aliphatic carboxylic acids is 1. The van der Waals surface area contributed by atoms with Gasteiger partial charge >= 0.3 is 5.97 Å². The second kappa shape index (κ2) is 4.57. The summed E-state index contributed by atoms with van der Waals surface area (Å²) in [6.07, 6.45) is 0.725. The molecule has 1 aliphatic heterocycles. The molecular formula is C14H17NO4. The molecule has 1 unspecified atom stereocenters. The van der Waals surface area contributed by atoms with Gasteiger partial charge in [-0.1, -0.05) is 18.2 Å². The van der Waals surface area contributed by atoms with Gasteiger partial charge in [-0.25, -0.2) is 4.79 Å². The summed E-state index contributed by atoms with van der Waals surface area (Å²) in [5.41, 5.74) is 1.11. The number of hydrogen-bond donors (Lipinski definition) is 2. The van der Waals surface area contributed by atoms with Crippen LogP contribution in [0.5, 0.6) is 5.75 Å². The second-order valence-electron chi connectivity index (χ2n) is 5.35. The second-order valence-corrected chi connectivity index (χ2v) is 5.35. The van der Waals surface area contributed by atoms with Crippen molar-refractivity contribution in [1.82, 2.24) is 5.32 Å². The third-order valence-electron chi connectivity index (χ3n) is 3.03. The molecule has 0 aromatic heterocycles. The number of hydrogen-bond acceptors (Lipinski definition) is 3. The number of benzene rings is 1. The number of carbonyl (C=O) groups excluding carboxylic acids is 1. The molecule has 1 heterocycles. The Kier molecular flexibility index (Phi) is 3.22. The van der Waals surface area contributed by atoms with Crippen molar-refractivity contribution in [2.75, 3.05) is 0 Å². The molecule has 1 atom stereocenters. The number of rotatable bonds is 3. The van der Waals surface area contributed by atoms with Gasteiger partial charge in [0.1, 0.15) is 11.4 Å².